The van der Waals surface area contributed by atoms with Crippen molar-refractivity contribution in [2.75, 3.05) is 19.5 Å². The molecular formula is C24H19Cl2N7O4S. The Morgan fingerprint density at radius 3 is 2.55 bits per heavy atom. The maximum absolute atomic E-state index is 13.3. The Morgan fingerprint density at radius 2 is 1.84 bits per heavy atom. The molecule has 5 rings (SSSR count). The highest BCUT2D eigenvalue weighted by atomic mass is 35.5. The average Bonchev–Trinajstić information content (AvgIpc) is 3.47. The number of methoxy groups -OCH3 is 2. The van der Waals surface area contributed by atoms with Crippen LogP contribution in [0, 0.1) is 6.92 Å². The first kappa shape index (κ1) is 25.8. The van der Waals surface area contributed by atoms with Crippen LogP contribution < -0.4 is 14.8 Å². The number of aromatic nitrogens is 5. The van der Waals surface area contributed by atoms with Gasteiger partial charge in [0, 0.05) is 29.1 Å². The summed E-state index contributed by atoms with van der Waals surface area (Å²) in [6, 6.07) is 4.85. The molecule has 0 aliphatic carbocycles. The monoisotopic (exact) mass is 571 g/mol. The van der Waals surface area contributed by atoms with Gasteiger partial charge in [-0.25, -0.2) is 9.97 Å². The van der Waals surface area contributed by atoms with E-state index in [-0.39, 0.29) is 34.2 Å². The number of hydrogen-bond donors (Lipinski definition) is 1. The van der Waals surface area contributed by atoms with E-state index in [1.165, 1.54) is 44.0 Å². The third kappa shape index (κ3) is 4.97. The molecule has 0 fully saturated rings. The number of nitrogens with one attached hydrogen (secondary N) is 1. The summed E-state index contributed by atoms with van der Waals surface area (Å²) in [6.07, 6.45) is 2.99. The molecule has 1 aliphatic heterocycles. The van der Waals surface area contributed by atoms with E-state index < -0.39 is 5.91 Å². The number of anilines is 1. The number of halogens is 2. The predicted octanol–water partition coefficient (Wildman–Crippen LogP) is 4.43. The van der Waals surface area contributed by atoms with Gasteiger partial charge < -0.3 is 14.4 Å². The van der Waals surface area contributed by atoms with Crippen molar-refractivity contribution < 1.29 is 19.1 Å². The summed E-state index contributed by atoms with van der Waals surface area (Å²) in [6.45, 7) is 2.37. The van der Waals surface area contributed by atoms with E-state index >= 15 is 0 Å². The van der Waals surface area contributed by atoms with Gasteiger partial charge in [0.1, 0.15) is 10.9 Å². The number of fused-ring (bicyclic) bond motifs is 1. The number of amides is 2. The third-order valence-electron chi connectivity index (χ3n) is 5.73. The molecule has 0 atom stereocenters. The zero-order valence-corrected chi connectivity index (χ0v) is 22.6. The number of ether oxygens (including phenoxy) is 2. The molecule has 1 N–H and O–H groups in total. The lowest BCUT2D eigenvalue weighted by atomic mass is 10.0. The quantitative estimate of drug-likeness (QED) is 0.333. The summed E-state index contributed by atoms with van der Waals surface area (Å²) in [7, 11) is 2.95. The van der Waals surface area contributed by atoms with Crippen molar-refractivity contribution in [3.63, 3.8) is 0 Å². The van der Waals surface area contributed by atoms with Crippen LogP contribution in [0.2, 0.25) is 10.2 Å². The highest BCUT2D eigenvalue weighted by molar-refractivity contribution is 7.16. The molecule has 0 saturated heterocycles. The Balaban J connectivity index is 1.34. The second-order valence-electron chi connectivity index (χ2n) is 8.17. The minimum absolute atomic E-state index is 0.0298. The van der Waals surface area contributed by atoms with Crippen LogP contribution in [0.5, 0.6) is 11.6 Å². The molecule has 0 radical (unpaired) electrons. The van der Waals surface area contributed by atoms with Crippen molar-refractivity contribution in [1.29, 1.82) is 0 Å². The molecular weight excluding hydrogens is 553 g/mol. The fraction of sp³-hybridized carbons (Fsp3) is 0.208. The van der Waals surface area contributed by atoms with Gasteiger partial charge in [0.25, 0.3) is 11.8 Å². The van der Waals surface area contributed by atoms with Gasteiger partial charge in [-0.3, -0.25) is 19.9 Å². The molecule has 11 nitrogen and oxygen atoms in total. The number of rotatable bonds is 6. The molecule has 0 spiro atoms. The number of pyridine rings is 2. The van der Waals surface area contributed by atoms with Crippen LogP contribution in [0.15, 0.2) is 30.6 Å². The van der Waals surface area contributed by atoms with E-state index in [0.29, 0.717) is 45.5 Å². The second-order valence-corrected chi connectivity index (χ2v) is 10.0. The normalized spacial score (nSPS) is 12.3. The first-order valence-corrected chi connectivity index (χ1v) is 12.7. The maximum atomic E-state index is 13.3. The van der Waals surface area contributed by atoms with Crippen LogP contribution in [-0.4, -0.2) is 56.1 Å². The number of aryl methyl sites for hydroxylation is 1. The fourth-order valence-corrected chi connectivity index (χ4v) is 5.25. The van der Waals surface area contributed by atoms with Crippen LogP contribution in [0.1, 0.15) is 37.1 Å². The molecule has 14 heteroatoms. The summed E-state index contributed by atoms with van der Waals surface area (Å²) in [5.74, 6) is -0.0929. The molecule has 2 amide bonds. The van der Waals surface area contributed by atoms with Gasteiger partial charge in [-0.1, -0.05) is 34.5 Å². The molecule has 5 heterocycles. The van der Waals surface area contributed by atoms with Crippen molar-refractivity contribution in [1.82, 2.24) is 30.0 Å². The Morgan fingerprint density at radius 1 is 1.03 bits per heavy atom. The molecule has 0 saturated carbocycles. The van der Waals surface area contributed by atoms with Crippen molar-refractivity contribution in [2.45, 2.75) is 20.0 Å². The first-order chi connectivity index (χ1) is 18.3. The zero-order chi connectivity index (χ0) is 27.0. The predicted molar refractivity (Wildman–Crippen MR) is 141 cm³/mol. The standard InChI is InChI=1S/C24H19Cl2N7O4S/c1-11-4-12(13-5-19(26)28-8-17(13)36-2)14(7-27-11)22(34)30-24-29-16-9-33(10-18(16)38-24)23(35)21-15(25)6-20(37-3)31-32-21/h4-8H,9-10H2,1-3H3,(H,29,30,34). The van der Waals surface area contributed by atoms with Crippen LogP contribution >= 0.6 is 34.5 Å². The van der Waals surface area contributed by atoms with E-state index in [1.54, 1.807) is 17.0 Å². The highest BCUT2D eigenvalue weighted by Crippen LogP contribution is 2.36. The van der Waals surface area contributed by atoms with E-state index in [2.05, 4.69) is 30.5 Å². The summed E-state index contributed by atoms with van der Waals surface area (Å²) >= 11 is 13.6. The second kappa shape index (κ2) is 10.5. The van der Waals surface area contributed by atoms with E-state index in [1.807, 2.05) is 6.92 Å². The van der Waals surface area contributed by atoms with Crippen molar-refractivity contribution in [2.24, 2.45) is 0 Å². The minimum Gasteiger partial charge on any atom is -0.494 e. The summed E-state index contributed by atoms with van der Waals surface area (Å²) in [5, 5.41) is 11.4. The summed E-state index contributed by atoms with van der Waals surface area (Å²) in [4.78, 5) is 41.5. The maximum Gasteiger partial charge on any atom is 0.276 e. The first-order valence-electron chi connectivity index (χ1n) is 11.1. The number of carbonyl (C=O) groups is 2. The average molecular weight is 572 g/mol. The van der Waals surface area contributed by atoms with Crippen LogP contribution in [0.4, 0.5) is 5.13 Å². The lowest BCUT2D eigenvalue weighted by Gasteiger charge is -2.15. The molecule has 0 aromatic carbocycles. The Bertz CT molecular complexity index is 1560. The molecule has 194 valence electrons. The molecule has 0 unspecified atom stereocenters. The number of hydrogen-bond acceptors (Lipinski definition) is 10. The van der Waals surface area contributed by atoms with Crippen molar-refractivity contribution in [3.8, 4) is 22.8 Å². The minimum atomic E-state index is -0.400. The fourth-order valence-electron chi connectivity index (χ4n) is 3.90. The van der Waals surface area contributed by atoms with Crippen LogP contribution in [0.25, 0.3) is 11.1 Å². The number of carbonyl (C=O) groups excluding carboxylic acids is 2. The van der Waals surface area contributed by atoms with Gasteiger partial charge in [-0.05, 0) is 19.1 Å². The molecule has 0 bridgehead atoms. The number of thiazole rings is 1. The van der Waals surface area contributed by atoms with E-state index in [9.17, 15) is 9.59 Å². The van der Waals surface area contributed by atoms with Crippen LogP contribution in [-0.2, 0) is 13.1 Å². The van der Waals surface area contributed by atoms with Gasteiger partial charge in [-0.15, -0.1) is 10.2 Å². The SMILES string of the molecule is COc1cc(Cl)c(C(=O)N2Cc3nc(NC(=O)c4cnc(C)cc4-c4cc(Cl)ncc4OC)sc3C2)nn1. The number of nitrogens with zero attached hydrogens (tertiary/aromatic N) is 6. The van der Waals surface area contributed by atoms with Crippen LogP contribution in [0.3, 0.4) is 0 Å². The smallest absolute Gasteiger partial charge is 0.276 e. The Labute approximate surface area is 230 Å². The van der Waals surface area contributed by atoms with Crippen molar-refractivity contribution in [3.05, 3.63) is 68.3 Å². The molecule has 38 heavy (non-hydrogen) atoms. The lowest BCUT2D eigenvalue weighted by Crippen LogP contribution is -2.27. The van der Waals surface area contributed by atoms with Gasteiger partial charge in [0.05, 0.1) is 54.7 Å². The van der Waals surface area contributed by atoms with Gasteiger partial charge in [-0.2, -0.15) is 0 Å². The Hall–Kier alpha value is -3.87. The molecule has 4 aromatic heterocycles. The zero-order valence-electron chi connectivity index (χ0n) is 20.3. The highest BCUT2D eigenvalue weighted by Gasteiger charge is 2.31. The molecule has 1 aliphatic rings. The summed E-state index contributed by atoms with van der Waals surface area (Å²) in [5.41, 5.74) is 2.94. The van der Waals surface area contributed by atoms with Gasteiger partial charge in [0.2, 0.25) is 5.88 Å². The lowest BCUT2D eigenvalue weighted by molar-refractivity contribution is 0.0743. The van der Waals surface area contributed by atoms with Gasteiger partial charge >= 0.3 is 0 Å². The van der Waals surface area contributed by atoms with E-state index in [0.717, 1.165) is 4.88 Å². The Kier molecular flexibility index (Phi) is 7.11. The topological polar surface area (TPSA) is 132 Å². The molecule has 4 aromatic rings. The summed E-state index contributed by atoms with van der Waals surface area (Å²) < 4.78 is 10.4. The van der Waals surface area contributed by atoms with Gasteiger partial charge in [0.15, 0.2) is 10.8 Å². The third-order valence-corrected chi connectivity index (χ3v) is 7.22. The van der Waals surface area contributed by atoms with Crippen molar-refractivity contribution >= 4 is 51.5 Å². The largest absolute Gasteiger partial charge is 0.494 e. The van der Waals surface area contributed by atoms with E-state index in [4.69, 9.17) is 32.7 Å².